The van der Waals surface area contributed by atoms with E-state index in [-0.39, 0.29) is 11.9 Å². The van der Waals surface area contributed by atoms with Crippen LogP contribution in [0.15, 0.2) is 18.3 Å². The summed E-state index contributed by atoms with van der Waals surface area (Å²) in [6.07, 6.45) is 3.15. The van der Waals surface area contributed by atoms with Crippen LogP contribution in [0.3, 0.4) is 0 Å². The normalized spacial score (nSPS) is 20.9. The summed E-state index contributed by atoms with van der Waals surface area (Å²) in [5, 5.41) is 9.62. The molecular weight excluding hydrogens is 204 g/mol. The minimum Gasteiger partial charge on any atom is -0.391 e. The Labute approximate surface area is 94.9 Å². The van der Waals surface area contributed by atoms with Crippen LogP contribution in [-0.4, -0.2) is 35.1 Å². The number of aromatic nitrogens is 1. The summed E-state index contributed by atoms with van der Waals surface area (Å²) in [7, 11) is 0. The largest absolute Gasteiger partial charge is 0.391 e. The van der Waals surface area contributed by atoms with Gasteiger partial charge < -0.3 is 10.0 Å². The lowest BCUT2D eigenvalue weighted by molar-refractivity contribution is 0.101. The van der Waals surface area contributed by atoms with Gasteiger partial charge in [0, 0.05) is 19.3 Å². The van der Waals surface area contributed by atoms with Gasteiger partial charge >= 0.3 is 0 Å². The highest BCUT2D eigenvalue weighted by atomic mass is 16.3. The summed E-state index contributed by atoms with van der Waals surface area (Å²) in [6.45, 7) is 2.96. The van der Waals surface area contributed by atoms with E-state index in [2.05, 4.69) is 4.98 Å². The summed E-state index contributed by atoms with van der Waals surface area (Å²) < 4.78 is 0. The van der Waals surface area contributed by atoms with Gasteiger partial charge in [0.2, 0.25) is 0 Å². The number of anilines is 1. The molecule has 1 unspecified atom stereocenters. The van der Waals surface area contributed by atoms with E-state index in [0.717, 1.165) is 19.4 Å². The van der Waals surface area contributed by atoms with Crippen molar-refractivity contribution in [2.45, 2.75) is 25.9 Å². The maximum Gasteiger partial charge on any atom is 0.163 e. The molecule has 4 nitrogen and oxygen atoms in total. The molecule has 0 bridgehead atoms. The number of Topliss-reactive ketones (excluding diaryl/α,β-unsaturated/α-hetero) is 1. The van der Waals surface area contributed by atoms with Crippen LogP contribution in [0.25, 0.3) is 0 Å². The molecule has 1 aromatic heterocycles. The monoisotopic (exact) mass is 220 g/mol. The average molecular weight is 220 g/mol. The number of nitrogens with zero attached hydrogens (tertiary/aromatic N) is 2. The van der Waals surface area contributed by atoms with Crippen LogP contribution >= 0.6 is 0 Å². The van der Waals surface area contributed by atoms with E-state index in [1.165, 1.54) is 0 Å². The van der Waals surface area contributed by atoms with Crippen molar-refractivity contribution in [2.75, 3.05) is 18.0 Å². The summed E-state index contributed by atoms with van der Waals surface area (Å²) in [6, 6.07) is 3.55. The highest BCUT2D eigenvalue weighted by Gasteiger charge is 2.21. The molecule has 1 aliphatic heterocycles. The zero-order chi connectivity index (χ0) is 11.5. The van der Waals surface area contributed by atoms with Crippen LogP contribution in [0.1, 0.15) is 30.1 Å². The van der Waals surface area contributed by atoms with Crippen molar-refractivity contribution in [3.05, 3.63) is 23.9 Å². The number of ketones is 1. The molecule has 2 heterocycles. The van der Waals surface area contributed by atoms with E-state index in [0.29, 0.717) is 17.9 Å². The Bertz CT molecular complexity index is 392. The van der Waals surface area contributed by atoms with Crippen molar-refractivity contribution < 1.29 is 9.90 Å². The Morgan fingerprint density at radius 2 is 2.44 bits per heavy atom. The molecule has 0 amide bonds. The number of aliphatic hydroxyl groups is 1. The summed E-state index contributed by atoms with van der Waals surface area (Å²) in [4.78, 5) is 17.7. The van der Waals surface area contributed by atoms with E-state index in [4.69, 9.17) is 0 Å². The minimum atomic E-state index is -0.310. The van der Waals surface area contributed by atoms with Crippen molar-refractivity contribution in [1.82, 2.24) is 4.98 Å². The number of aliphatic hydroxyl groups excluding tert-OH is 1. The maximum atomic E-state index is 11.5. The molecule has 4 heteroatoms. The predicted molar refractivity (Wildman–Crippen MR) is 61.7 cm³/mol. The van der Waals surface area contributed by atoms with Crippen molar-refractivity contribution >= 4 is 11.6 Å². The van der Waals surface area contributed by atoms with Gasteiger partial charge in [-0.1, -0.05) is 0 Å². The lowest BCUT2D eigenvalue weighted by Crippen LogP contribution is -2.39. The summed E-state index contributed by atoms with van der Waals surface area (Å²) in [5.41, 5.74) is 0.636. The summed E-state index contributed by atoms with van der Waals surface area (Å²) >= 11 is 0. The van der Waals surface area contributed by atoms with Crippen molar-refractivity contribution in [2.24, 2.45) is 0 Å². The van der Waals surface area contributed by atoms with Gasteiger partial charge in [-0.05, 0) is 31.9 Å². The fourth-order valence-electron chi connectivity index (χ4n) is 2.07. The van der Waals surface area contributed by atoms with E-state index < -0.39 is 0 Å². The Morgan fingerprint density at radius 1 is 1.62 bits per heavy atom. The van der Waals surface area contributed by atoms with Crippen LogP contribution in [-0.2, 0) is 0 Å². The number of hydrogen-bond acceptors (Lipinski definition) is 4. The molecule has 1 aliphatic rings. The van der Waals surface area contributed by atoms with Gasteiger partial charge in [0.25, 0.3) is 0 Å². The Hall–Kier alpha value is -1.42. The van der Waals surface area contributed by atoms with Crippen LogP contribution in [0.5, 0.6) is 0 Å². The molecule has 0 aromatic carbocycles. The number of β-amino-alcohol motifs (C(OH)–C–C–N with tert-alkyl or cyclic N) is 1. The second-order valence-electron chi connectivity index (χ2n) is 4.17. The van der Waals surface area contributed by atoms with E-state index in [1.807, 2.05) is 4.90 Å². The maximum absolute atomic E-state index is 11.5. The lowest BCUT2D eigenvalue weighted by Gasteiger charge is -2.31. The first kappa shape index (κ1) is 11.1. The predicted octanol–water partition coefficient (Wildman–Crippen LogP) is 1.25. The van der Waals surface area contributed by atoms with Crippen molar-refractivity contribution in [1.29, 1.82) is 0 Å². The lowest BCUT2D eigenvalue weighted by atomic mass is 10.1. The van der Waals surface area contributed by atoms with Crippen molar-refractivity contribution in [3.8, 4) is 0 Å². The third-order valence-electron chi connectivity index (χ3n) is 2.86. The molecule has 0 aliphatic carbocycles. The van der Waals surface area contributed by atoms with E-state index in [9.17, 15) is 9.90 Å². The van der Waals surface area contributed by atoms with Crippen LogP contribution < -0.4 is 4.90 Å². The van der Waals surface area contributed by atoms with Gasteiger partial charge in [0.1, 0.15) is 5.82 Å². The first-order valence-electron chi connectivity index (χ1n) is 5.57. The number of pyridine rings is 1. The standard InChI is InChI=1S/C12H16N2O2/c1-9(15)11-5-2-6-13-12(11)14-7-3-4-10(16)8-14/h2,5-6,10,16H,3-4,7-8H2,1H3. The number of hydrogen-bond donors (Lipinski definition) is 1. The molecular formula is C12H16N2O2. The molecule has 0 saturated carbocycles. The fourth-order valence-corrected chi connectivity index (χ4v) is 2.07. The molecule has 1 N–H and O–H groups in total. The number of rotatable bonds is 2. The molecule has 1 aromatic rings. The molecule has 1 saturated heterocycles. The van der Waals surface area contributed by atoms with Crippen molar-refractivity contribution in [3.63, 3.8) is 0 Å². The quantitative estimate of drug-likeness (QED) is 0.762. The minimum absolute atomic E-state index is 0.0168. The molecule has 1 fully saturated rings. The topological polar surface area (TPSA) is 53.4 Å². The third-order valence-corrected chi connectivity index (χ3v) is 2.86. The number of carbonyl (C=O) groups is 1. The zero-order valence-electron chi connectivity index (χ0n) is 9.39. The van der Waals surface area contributed by atoms with Gasteiger partial charge in [-0.2, -0.15) is 0 Å². The second-order valence-corrected chi connectivity index (χ2v) is 4.17. The third kappa shape index (κ3) is 2.22. The molecule has 0 spiro atoms. The van der Waals surface area contributed by atoms with E-state index in [1.54, 1.807) is 25.3 Å². The van der Waals surface area contributed by atoms with Gasteiger partial charge in [-0.25, -0.2) is 4.98 Å². The average Bonchev–Trinajstić information content (AvgIpc) is 2.29. The number of piperidine rings is 1. The molecule has 2 rings (SSSR count). The molecule has 0 radical (unpaired) electrons. The first-order valence-corrected chi connectivity index (χ1v) is 5.57. The molecule has 16 heavy (non-hydrogen) atoms. The van der Waals surface area contributed by atoms with Gasteiger partial charge in [0.05, 0.1) is 11.7 Å². The first-order chi connectivity index (χ1) is 7.68. The Kier molecular flexibility index (Phi) is 3.19. The number of carbonyl (C=O) groups excluding carboxylic acids is 1. The van der Waals surface area contributed by atoms with Gasteiger partial charge in [0.15, 0.2) is 5.78 Å². The van der Waals surface area contributed by atoms with Gasteiger partial charge in [-0.15, -0.1) is 0 Å². The van der Waals surface area contributed by atoms with Crippen LogP contribution in [0, 0.1) is 0 Å². The molecule has 1 atom stereocenters. The van der Waals surface area contributed by atoms with Gasteiger partial charge in [-0.3, -0.25) is 4.79 Å². The van der Waals surface area contributed by atoms with E-state index >= 15 is 0 Å². The molecule has 86 valence electrons. The van der Waals surface area contributed by atoms with Crippen LogP contribution in [0.2, 0.25) is 0 Å². The summed E-state index contributed by atoms with van der Waals surface area (Å²) in [5.74, 6) is 0.719. The SMILES string of the molecule is CC(=O)c1cccnc1N1CCCC(O)C1. The Balaban J connectivity index is 2.28. The smallest absolute Gasteiger partial charge is 0.163 e. The highest BCUT2D eigenvalue weighted by Crippen LogP contribution is 2.21. The highest BCUT2D eigenvalue weighted by molar-refractivity contribution is 5.98. The fraction of sp³-hybridized carbons (Fsp3) is 0.500. The van der Waals surface area contributed by atoms with Crippen LogP contribution in [0.4, 0.5) is 5.82 Å². The Morgan fingerprint density at radius 3 is 3.12 bits per heavy atom. The second kappa shape index (κ2) is 4.61. The zero-order valence-corrected chi connectivity index (χ0v) is 9.39.